The van der Waals surface area contributed by atoms with Crippen LogP contribution in [0.2, 0.25) is 0 Å². The number of aryl methyl sites for hydroxylation is 1. The summed E-state index contributed by atoms with van der Waals surface area (Å²) in [6.07, 6.45) is 1.94. The molecule has 2 atom stereocenters. The molecule has 32 heavy (non-hydrogen) atoms. The highest BCUT2D eigenvalue weighted by Gasteiger charge is 2.23. The van der Waals surface area contributed by atoms with E-state index in [0.29, 0.717) is 29.2 Å². The summed E-state index contributed by atoms with van der Waals surface area (Å²) in [5, 5.41) is 30.6. The first kappa shape index (κ1) is 20.2. The fraction of sp³-hybridized carbons (Fsp3) is 0.348. The number of piperazine rings is 1. The van der Waals surface area contributed by atoms with E-state index in [4.69, 9.17) is 4.74 Å². The number of H-pyrrole nitrogens is 1. The van der Waals surface area contributed by atoms with Crippen molar-refractivity contribution >= 4 is 39.0 Å². The van der Waals surface area contributed by atoms with E-state index in [2.05, 4.69) is 56.8 Å². The lowest BCUT2D eigenvalue weighted by Crippen LogP contribution is -2.54. The number of rotatable bonds is 4. The molecule has 1 fully saturated rings. The summed E-state index contributed by atoms with van der Waals surface area (Å²) in [4.78, 5) is 2.32. The lowest BCUT2D eigenvalue weighted by molar-refractivity contribution is 0.407. The fourth-order valence-corrected chi connectivity index (χ4v) is 4.63. The SMILES string of the molecule is COc1cc(Nc2n[nH]c3cc(N4C[C@@H](C)N[C@@H](C)C4)cc(C#N)c23)cc2cn(C)nc12. The average Bonchev–Trinajstić information content (AvgIpc) is 3.34. The molecular formula is C23H26N8O. The van der Waals surface area contributed by atoms with Crippen LogP contribution in [0.25, 0.3) is 21.8 Å². The molecule has 0 aliphatic carbocycles. The van der Waals surface area contributed by atoms with Crippen LogP contribution in [0.1, 0.15) is 19.4 Å². The van der Waals surface area contributed by atoms with Gasteiger partial charge in [-0.25, -0.2) is 0 Å². The first-order chi connectivity index (χ1) is 15.4. The Bertz CT molecular complexity index is 1340. The van der Waals surface area contributed by atoms with E-state index in [1.807, 2.05) is 31.4 Å². The molecule has 4 aromatic rings. The second kappa shape index (κ2) is 7.73. The maximum atomic E-state index is 9.92. The summed E-state index contributed by atoms with van der Waals surface area (Å²) in [6, 6.07) is 11.0. The first-order valence-electron chi connectivity index (χ1n) is 10.7. The normalized spacial score (nSPS) is 18.8. The van der Waals surface area contributed by atoms with E-state index < -0.39 is 0 Å². The van der Waals surface area contributed by atoms with Crippen LogP contribution in [0.15, 0.2) is 30.5 Å². The predicted octanol–water partition coefficient (Wildman–Crippen LogP) is 3.26. The topological polar surface area (TPSA) is 107 Å². The maximum absolute atomic E-state index is 9.92. The minimum Gasteiger partial charge on any atom is -0.494 e. The molecular weight excluding hydrogens is 404 g/mol. The zero-order chi connectivity index (χ0) is 22.4. The first-order valence-corrected chi connectivity index (χ1v) is 10.7. The largest absolute Gasteiger partial charge is 0.494 e. The van der Waals surface area contributed by atoms with Gasteiger partial charge in [0.15, 0.2) is 5.82 Å². The van der Waals surface area contributed by atoms with Crippen molar-refractivity contribution < 1.29 is 4.74 Å². The van der Waals surface area contributed by atoms with E-state index in [1.54, 1.807) is 11.8 Å². The van der Waals surface area contributed by atoms with Gasteiger partial charge in [-0.3, -0.25) is 9.78 Å². The molecule has 3 N–H and O–H groups in total. The van der Waals surface area contributed by atoms with E-state index in [0.717, 1.165) is 46.3 Å². The van der Waals surface area contributed by atoms with Crippen LogP contribution in [0.4, 0.5) is 17.2 Å². The number of hydrogen-bond acceptors (Lipinski definition) is 7. The van der Waals surface area contributed by atoms with Gasteiger partial charge in [0.1, 0.15) is 17.3 Å². The van der Waals surface area contributed by atoms with Gasteiger partial charge >= 0.3 is 0 Å². The smallest absolute Gasteiger partial charge is 0.161 e. The fourth-order valence-electron chi connectivity index (χ4n) is 4.63. The summed E-state index contributed by atoms with van der Waals surface area (Å²) in [5.41, 5.74) is 4.06. The highest BCUT2D eigenvalue weighted by molar-refractivity contribution is 5.99. The van der Waals surface area contributed by atoms with E-state index >= 15 is 0 Å². The molecule has 9 heteroatoms. The monoisotopic (exact) mass is 430 g/mol. The van der Waals surface area contributed by atoms with Crippen LogP contribution < -0.4 is 20.3 Å². The van der Waals surface area contributed by atoms with Gasteiger partial charge in [-0.2, -0.15) is 15.5 Å². The van der Waals surface area contributed by atoms with Crippen molar-refractivity contribution in [1.82, 2.24) is 25.3 Å². The molecule has 1 aliphatic rings. The van der Waals surface area contributed by atoms with E-state index in [9.17, 15) is 5.26 Å². The van der Waals surface area contributed by atoms with Crippen LogP contribution >= 0.6 is 0 Å². The van der Waals surface area contributed by atoms with Gasteiger partial charge in [0.2, 0.25) is 0 Å². The van der Waals surface area contributed by atoms with Crippen LogP contribution in [-0.4, -0.2) is 52.3 Å². The van der Waals surface area contributed by atoms with Crippen LogP contribution in [0.3, 0.4) is 0 Å². The Labute approximate surface area is 186 Å². The summed E-state index contributed by atoms with van der Waals surface area (Å²) >= 11 is 0. The minimum atomic E-state index is 0.386. The van der Waals surface area contributed by atoms with Crippen molar-refractivity contribution in [2.24, 2.45) is 7.05 Å². The summed E-state index contributed by atoms with van der Waals surface area (Å²) in [6.45, 7) is 6.14. The molecule has 9 nitrogen and oxygen atoms in total. The van der Waals surface area contributed by atoms with Gasteiger partial charge in [0.25, 0.3) is 0 Å². The number of nitrogens with zero attached hydrogens (tertiary/aromatic N) is 5. The Morgan fingerprint density at radius 1 is 1.19 bits per heavy atom. The summed E-state index contributed by atoms with van der Waals surface area (Å²) < 4.78 is 7.28. The Kier molecular flexibility index (Phi) is 4.87. The zero-order valence-corrected chi connectivity index (χ0v) is 18.6. The number of aromatic nitrogens is 4. The molecule has 5 rings (SSSR count). The van der Waals surface area contributed by atoms with Crippen molar-refractivity contribution in [2.45, 2.75) is 25.9 Å². The zero-order valence-electron chi connectivity index (χ0n) is 18.6. The molecule has 0 unspecified atom stereocenters. The number of benzene rings is 2. The third-order valence-electron chi connectivity index (χ3n) is 5.86. The van der Waals surface area contributed by atoms with Gasteiger partial charge in [-0.05, 0) is 32.0 Å². The molecule has 3 heterocycles. The van der Waals surface area contributed by atoms with Gasteiger partial charge in [-0.15, -0.1) is 0 Å². The Morgan fingerprint density at radius 3 is 2.69 bits per heavy atom. The molecule has 164 valence electrons. The second-order valence-electron chi connectivity index (χ2n) is 8.52. The molecule has 1 saturated heterocycles. The van der Waals surface area contributed by atoms with Crippen molar-refractivity contribution in [2.75, 3.05) is 30.4 Å². The van der Waals surface area contributed by atoms with E-state index in [1.165, 1.54) is 0 Å². The second-order valence-corrected chi connectivity index (χ2v) is 8.52. The van der Waals surface area contributed by atoms with Gasteiger partial charge in [0.05, 0.1) is 23.6 Å². The Morgan fingerprint density at radius 2 is 1.97 bits per heavy atom. The Balaban J connectivity index is 1.53. The number of fused-ring (bicyclic) bond motifs is 2. The summed E-state index contributed by atoms with van der Waals surface area (Å²) in [5.74, 6) is 1.28. The lowest BCUT2D eigenvalue weighted by Gasteiger charge is -2.37. The highest BCUT2D eigenvalue weighted by Crippen LogP contribution is 2.34. The van der Waals surface area contributed by atoms with E-state index in [-0.39, 0.29) is 0 Å². The van der Waals surface area contributed by atoms with Crippen molar-refractivity contribution in [3.05, 3.63) is 36.0 Å². The quantitative estimate of drug-likeness (QED) is 0.456. The number of nitriles is 1. The molecule has 0 bridgehead atoms. The maximum Gasteiger partial charge on any atom is 0.161 e. The van der Waals surface area contributed by atoms with Crippen molar-refractivity contribution in [3.63, 3.8) is 0 Å². The number of ether oxygens (including phenoxy) is 1. The standard InChI is InChI=1S/C23H26N8O/c1-13-10-31(11-14(2)25-13)18-6-15(9-24)21-19(8-18)27-28-23(21)26-17-5-16-12-30(3)29-22(16)20(7-17)32-4/h5-8,12-14,25H,10-11H2,1-4H3,(H2,26,27,28)/t13-,14+. The third-order valence-corrected chi connectivity index (χ3v) is 5.86. The van der Waals surface area contributed by atoms with Gasteiger partial charge in [-0.1, -0.05) is 0 Å². The minimum absolute atomic E-state index is 0.386. The number of nitrogens with one attached hydrogen (secondary N) is 3. The number of methoxy groups -OCH3 is 1. The van der Waals surface area contributed by atoms with Gasteiger partial charge in [0, 0.05) is 61.2 Å². The average molecular weight is 431 g/mol. The van der Waals surface area contributed by atoms with Gasteiger partial charge < -0.3 is 20.3 Å². The number of anilines is 3. The van der Waals surface area contributed by atoms with Crippen LogP contribution in [0.5, 0.6) is 5.75 Å². The molecule has 0 amide bonds. The predicted molar refractivity (Wildman–Crippen MR) is 126 cm³/mol. The molecule has 2 aromatic carbocycles. The van der Waals surface area contributed by atoms with Crippen LogP contribution in [0, 0.1) is 11.3 Å². The molecule has 2 aromatic heterocycles. The Hall–Kier alpha value is -3.77. The lowest BCUT2D eigenvalue weighted by atomic mass is 10.1. The van der Waals surface area contributed by atoms with Crippen molar-refractivity contribution in [3.8, 4) is 11.8 Å². The number of aromatic amines is 1. The molecule has 0 saturated carbocycles. The summed E-state index contributed by atoms with van der Waals surface area (Å²) in [7, 11) is 3.51. The third kappa shape index (κ3) is 3.48. The molecule has 0 spiro atoms. The highest BCUT2D eigenvalue weighted by atomic mass is 16.5. The number of hydrogen-bond donors (Lipinski definition) is 3. The van der Waals surface area contributed by atoms with Crippen LogP contribution in [-0.2, 0) is 7.05 Å². The van der Waals surface area contributed by atoms with Crippen molar-refractivity contribution in [1.29, 1.82) is 5.26 Å². The molecule has 1 aliphatic heterocycles. The molecule has 0 radical (unpaired) electrons.